The molecular formula is C12H11Cl2N5O. The molecule has 6 nitrogen and oxygen atoms in total. The Morgan fingerprint density at radius 2 is 2.00 bits per heavy atom. The fraction of sp³-hybridized carbons (Fsp3) is 0.0833. The van der Waals surface area contributed by atoms with Crippen LogP contribution < -0.4 is 16.6 Å². The number of carbonyl (C=O) groups is 1. The molecule has 2 rings (SSSR count). The van der Waals surface area contributed by atoms with E-state index in [0.717, 1.165) is 0 Å². The lowest BCUT2D eigenvalue weighted by atomic mass is 10.3. The normalized spacial score (nSPS) is 10.2. The van der Waals surface area contributed by atoms with E-state index >= 15 is 0 Å². The fourth-order valence-corrected chi connectivity index (χ4v) is 1.98. The van der Waals surface area contributed by atoms with E-state index in [0.29, 0.717) is 21.4 Å². The van der Waals surface area contributed by atoms with Crippen molar-refractivity contribution >= 4 is 40.7 Å². The van der Waals surface area contributed by atoms with Crippen molar-refractivity contribution in [3.63, 3.8) is 0 Å². The average molecular weight is 312 g/mol. The van der Waals surface area contributed by atoms with Crippen molar-refractivity contribution in [1.29, 1.82) is 0 Å². The van der Waals surface area contributed by atoms with Crippen molar-refractivity contribution in [2.45, 2.75) is 6.92 Å². The van der Waals surface area contributed by atoms with Crippen LogP contribution in [0.3, 0.4) is 0 Å². The molecule has 0 atom stereocenters. The van der Waals surface area contributed by atoms with Gasteiger partial charge in [-0.15, -0.1) is 0 Å². The lowest BCUT2D eigenvalue weighted by Crippen LogP contribution is -2.18. The van der Waals surface area contributed by atoms with Gasteiger partial charge in [0.05, 0.1) is 10.7 Å². The number of aryl methyl sites for hydroxylation is 1. The highest BCUT2D eigenvalue weighted by molar-refractivity contribution is 6.36. The van der Waals surface area contributed by atoms with Gasteiger partial charge in [0.15, 0.2) is 0 Å². The summed E-state index contributed by atoms with van der Waals surface area (Å²) in [4.78, 5) is 20.1. The van der Waals surface area contributed by atoms with Gasteiger partial charge in [0.25, 0.3) is 5.91 Å². The number of rotatable bonds is 3. The van der Waals surface area contributed by atoms with Gasteiger partial charge in [-0.1, -0.05) is 23.2 Å². The van der Waals surface area contributed by atoms with Crippen LogP contribution in [-0.2, 0) is 0 Å². The smallest absolute Gasteiger partial charge is 0.274 e. The number of aromatic nitrogens is 2. The van der Waals surface area contributed by atoms with E-state index in [9.17, 15) is 4.79 Å². The second kappa shape index (κ2) is 6.04. The highest BCUT2D eigenvalue weighted by Gasteiger charge is 2.12. The third-order valence-corrected chi connectivity index (χ3v) is 2.94. The van der Waals surface area contributed by atoms with Gasteiger partial charge in [-0.3, -0.25) is 10.2 Å². The number of benzene rings is 1. The second-order valence-corrected chi connectivity index (χ2v) is 4.78. The maximum Gasteiger partial charge on any atom is 0.274 e. The highest BCUT2D eigenvalue weighted by Crippen LogP contribution is 2.25. The number of hydrogen-bond acceptors (Lipinski definition) is 5. The maximum atomic E-state index is 12.1. The molecule has 1 amide bonds. The van der Waals surface area contributed by atoms with Crippen LogP contribution in [0.1, 0.15) is 16.2 Å². The molecule has 4 N–H and O–H groups in total. The lowest BCUT2D eigenvalue weighted by Gasteiger charge is -2.08. The standard InChI is InChI=1S/C12H11Cl2N5O/c1-6-4-10(18-12(16-6)19-15)11(20)17-9-3-2-7(13)5-8(9)14/h2-5H,15H2,1H3,(H,17,20)(H,16,18,19). The van der Waals surface area contributed by atoms with Crippen LogP contribution in [0.2, 0.25) is 10.0 Å². The Balaban J connectivity index is 2.26. The average Bonchev–Trinajstić information content (AvgIpc) is 2.41. The number of nitrogens with two attached hydrogens (primary N) is 1. The zero-order chi connectivity index (χ0) is 14.7. The molecule has 0 spiro atoms. The molecule has 104 valence electrons. The monoisotopic (exact) mass is 311 g/mol. The number of hydrogen-bond donors (Lipinski definition) is 3. The molecule has 0 fully saturated rings. The molecule has 0 aliphatic carbocycles. The van der Waals surface area contributed by atoms with Crippen molar-refractivity contribution in [2.75, 3.05) is 10.7 Å². The topological polar surface area (TPSA) is 92.9 Å². The van der Waals surface area contributed by atoms with Crippen molar-refractivity contribution < 1.29 is 4.79 Å². The Bertz CT molecular complexity index is 662. The second-order valence-electron chi connectivity index (χ2n) is 3.94. The molecule has 2 aromatic rings. The number of anilines is 2. The summed E-state index contributed by atoms with van der Waals surface area (Å²) in [7, 11) is 0. The van der Waals surface area contributed by atoms with Gasteiger partial charge < -0.3 is 5.32 Å². The molecule has 0 bridgehead atoms. The van der Waals surface area contributed by atoms with Crippen LogP contribution in [0.25, 0.3) is 0 Å². The van der Waals surface area contributed by atoms with Gasteiger partial charge in [0.2, 0.25) is 5.95 Å². The lowest BCUT2D eigenvalue weighted by molar-refractivity contribution is 0.102. The molecule has 1 heterocycles. The van der Waals surface area contributed by atoms with E-state index in [1.165, 1.54) is 6.07 Å². The molecular weight excluding hydrogens is 301 g/mol. The van der Waals surface area contributed by atoms with E-state index in [4.69, 9.17) is 29.0 Å². The highest BCUT2D eigenvalue weighted by atomic mass is 35.5. The summed E-state index contributed by atoms with van der Waals surface area (Å²) < 4.78 is 0. The number of nitrogen functional groups attached to an aromatic ring is 1. The molecule has 0 radical (unpaired) electrons. The number of carbonyl (C=O) groups excluding carboxylic acids is 1. The van der Waals surface area contributed by atoms with Gasteiger partial charge >= 0.3 is 0 Å². The van der Waals surface area contributed by atoms with E-state index in [1.54, 1.807) is 25.1 Å². The van der Waals surface area contributed by atoms with Crippen molar-refractivity contribution in [3.05, 3.63) is 45.7 Å². The molecule has 0 aliphatic heterocycles. The van der Waals surface area contributed by atoms with Crippen LogP contribution in [0.15, 0.2) is 24.3 Å². The minimum Gasteiger partial charge on any atom is -0.319 e. The summed E-state index contributed by atoms with van der Waals surface area (Å²) in [6.07, 6.45) is 0. The van der Waals surface area contributed by atoms with E-state index < -0.39 is 5.91 Å². The number of halogens is 2. The molecule has 0 aliphatic rings. The quantitative estimate of drug-likeness (QED) is 0.598. The van der Waals surface area contributed by atoms with Crippen LogP contribution in [-0.4, -0.2) is 15.9 Å². The van der Waals surface area contributed by atoms with E-state index in [2.05, 4.69) is 20.7 Å². The molecule has 20 heavy (non-hydrogen) atoms. The SMILES string of the molecule is Cc1cc(C(=O)Nc2ccc(Cl)cc2Cl)nc(NN)n1. The van der Waals surface area contributed by atoms with Crippen molar-refractivity contribution in [2.24, 2.45) is 5.84 Å². The fourth-order valence-electron chi connectivity index (χ4n) is 1.53. The van der Waals surface area contributed by atoms with Crippen LogP contribution in [0.4, 0.5) is 11.6 Å². The molecule has 1 aromatic heterocycles. The Kier molecular flexibility index (Phi) is 4.39. The van der Waals surface area contributed by atoms with Gasteiger partial charge in [0, 0.05) is 10.7 Å². The minimum atomic E-state index is -0.420. The molecule has 1 aromatic carbocycles. The Hall–Kier alpha value is -1.89. The third kappa shape index (κ3) is 3.36. The summed E-state index contributed by atoms with van der Waals surface area (Å²) in [6.45, 7) is 1.73. The Labute approximate surface area is 125 Å². The zero-order valence-corrected chi connectivity index (χ0v) is 12.0. The first-order chi connectivity index (χ1) is 9.49. The first kappa shape index (κ1) is 14.5. The Morgan fingerprint density at radius 3 is 2.65 bits per heavy atom. The molecule has 0 unspecified atom stereocenters. The molecule has 0 saturated heterocycles. The van der Waals surface area contributed by atoms with Crippen molar-refractivity contribution in [3.8, 4) is 0 Å². The summed E-state index contributed by atoms with van der Waals surface area (Å²) in [6, 6.07) is 6.32. The van der Waals surface area contributed by atoms with Gasteiger partial charge in [-0.2, -0.15) is 0 Å². The summed E-state index contributed by atoms with van der Waals surface area (Å²) in [5.74, 6) is 4.98. The van der Waals surface area contributed by atoms with Gasteiger partial charge in [-0.05, 0) is 31.2 Å². The van der Waals surface area contributed by atoms with Crippen LogP contribution in [0.5, 0.6) is 0 Å². The molecule has 0 saturated carbocycles. The number of nitrogens with one attached hydrogen (secondary N) is 2. The van der Waals surface area contributed by atoms with Crippen LogP contribution >= 0.6 is 23.2 Å². The third-order valence-electron chi connectivity index (χ3n) is 2.40. The largest absolute Gasteiger partial charge is 0.319 e. The van der Waals surface area contributed by atoms with Gasteiger partial charge in [0.1, 0.15) is 5.69 Å². The predicted octanol–water partition coefficient (Wildman–Crippen LogP) is 2.63. The summed E-state index contributed by atoms with van der Waals surface area (Å²) in [5.41, 5.74) is 3.53. The predicted molar refractivity (Wildman–Crippen MR) is 79.0 cm³/mol. The van der Waals surface area contributed by atoms with E-state index in [1.807, 2.05) is 0 Å². The number of nitrogens with zero attached hydrogens (tertiary/aromatic N) is 2. The van der Waals surface area contributed by atoms with Crippen molar-refractivity contribution in [1.82, 2.24) is 9.97 Å². The first-order valence-corrected chi connectivity index (χ1v) is 6.34. The maximum absolute atomic E-state index is 12.1. The Morgan fingerprint density at radius 1 is 1.25 bits per heavy atom. The molecule has 8 heteroatoms. The summed E-state index contributed by atoms with van der Waals surface area (Å²) in [5, 5.41) is 3.47. The number of hydrazine groups is 1. The number of amides is 1. The first-order valence-electron chi connectivity index (χ1n) is 5.58. The zero-order valence-electron chi connectivity index (χ0n) is 10.4. The summed E-state index contributed by atoms with van der Waals surface area (Å²) >= 11 is 11.8. The van der Waals surface area contributed by atoms with Crippen LogP contribution in [0, 0.1) is 6.92 Å². The van der Waals surface area contributed by atoms with E-state index in [-0.39, 0.29) is 11.6 Å². The van der Waals surface area contributed by atoms with Gasteiger partial charge in [-0.25, -0.2) is 15.8 Å². The minimum absolute atomic E-state index is 0.164.